The fourth-order valence-electron chi connectivity index (χ4n) is 1.41. The van der Waals surface area contributed by atoms with Gasteiger partial charge in [-0.25, -0.2) is 0 Å². The summed E-state index contributed by atoms with van der Waals surface area (Å²) >= 11 is 0. The first-order chi connectivity index (χ1) is 6.69. The molecule has 0 bridgehead atoms. The molecule has 78 valence electrons. The first-order valence-corrected chi connectivity index (χ1v) is 4.83. The Morgan fingerprint density at radius 1 is 1.43 bits per heavy atom. The van der Waals surface area contributed by atoms with Crippen LogP contribution in [0.3, 0.4) is 0 Å². The smallest absolute Gasteiger partial charge is 0.118 e. The Bertz CT molecular complexity index is 299. The zero-order chi connectivity index (χ0) is 10.6. The summed E-state index contributed by atoms with van der Waals surface area (Å²) in [5.74, 6) is 0.299. The van der Waals surface area contributed by atoms with Gasteiger partial charge in [0.05, 0.1) is 6.10 Å². The van der Waals surface area contributed by atoms with Crippen molar-refractivity contribution < 1.29 is 10.2 Å². The van der Waals surface area contributed by atoms with Crippen LogP contribution in [0, 0.1) is 0 Å². The predicted octanol–water partition coefficient (Wildman–Crippen LogP) is 1.21. The van der Waals surface area contributed by atoms with Gasteiger partial charge in [0.1, 0.15) is 5.75 Å². The van der Waals surface area contributed by atoms with E-state index in [9.17, 15) is 10.2 Å². The summed E-state index contributed by atoms with van der Waals surface area (Å²) in [7, 11) is 1.80. The molecular formula is C11H17NO2. The third-order valence-electron chi connectivity index (χ3n) is 2.27. The van der Waals surface area contributed by atoms with E-state index in [1.54, 1.807) is 19.2 Å². The molecule has 0 saturated carbocycles. The van der Waals surface area contributed by atoms with Crippen molar-refractivity contribution in [2.45, 2.75) is 19.4 Å². The molecule has 1 atom stereocenters. The Morgan fingerprint density at radius 2 is 2.14 bits per heavy atom. The Labute approximate surface area is 84.4 Å². The highest BCUT2D eigenvalue weighted by molar-refractivity contribution is 5.37. The van der Waals surface area contributed by atoms with Gasteiger partial charge in [0, 0.05) is 6.54 Å². The minimum atomic E-state index is -0.508. The second-order valence-electron chi connectivity index (χ2n) is 3.32. The number of aliphatic hydroxyl groups excluding tert-OH is 1. The summed E-state index contributed by atoms with van der Waals surface area (Å²) in [4.78, 5) is 0. The molecule has 1 rings (SSSR count). The van der Waals surface area contributed by atoms with Crippen LogP contribution in [0.5, 0.6) is 5.75 Å². The number of aryl methyl sites for hydroxylation is 1. The summed E-state index contributed by atoms with van der Waals surface area (Å²) in [6.45, 7) is 2.50. The lowest BCUT2D eigenvalue weighted by molar-refractivity contribution is 0.177. The standard InChI is InChI=1S/C11H17NO2/c1-3-8-6-9(4-5-10(8)13)11(14)7-12-2/h4-6,11-14H,3,7H2,1-2H3. The highest BCUT2D eigenvalue weighted by atomic mass is 16.3. The van der Waals surface area contributed by atoms with Gasteiger partial charge in [0.25, 0.3) is 0 Å². The van der Waals surface area contributed by atoms with E-state index in [4.69, 9.17) is 0 Å². The van der Waals surface area contributed by atoms with Crippen molar-refractivity contribution in [1.29, 1.82) is 0 Å². The number of hydrogen-bond donors (Lipinski definition) is 3. The molecule has 0 aliphatic rings. The largest absolute Gasteiger partial charge is 0.508 e. The van der Waals surface area contributed by atoms with Gasteiger partial charge in [-0.2, -0.15) is 0 Å². The zero-order valence-corrected chi connectivity index (χ0v) is 8.62. The first kappa shape index (κ1) is 11.0. The van der Waals surface area contributed by atoms with Crippen LogP contribution in [0.2, 0.25) is 0 Å². The highest BCUT2D eigenvalue weighted by Gasteiger charge is 2.08. The summed E-state index contributed by atoms with van der Waals surface area (Å²) < 4.78 is 0. The number of likely N-dealkylation sites (N-methyl/N-ethyl adjacent to an activating group) is 1. The lowest BCUT2D eigenvalue weighted by atomic mass is 10.0. The number of aliphatic hydroxyl groups is 1. The van der Waals surface area contributed by atoms with Crippen molar-refractivity contribution in [3.05, 3.63) is 29.3 Å². The van der Waals surface area contributed by atoms with Gasteiger partial charge >= 0.3 is 0 Å². The number of nitrogens with one attached hydrogen (secondary N) is 1. The van der Waals surface area contributed by atoms with Gasteiger partial charge in [0.15, 0.2) is 0 Å². The van der Waals surface area contributed by atoms with Gasteiger partial charge in [-0.05, 0) is 36.7 Å². The fraction of sp³-hybridized carbons (Fsp3) is 0.455. The van der Waals surface area contributed by atoms with Crippen molar-refractivity contribution in [3.8, 4) is 5.75 Å². The maximum Gasteiger partial charge on any atom is 0.118 e. The average molecular weight is 195 g/mol. The van der Waals surface area contributed by atoms with E-state index in [1.807, 2.05) is 13.0 Å². The molecule has 1 unspecified atom stereocenters. The normalized spacial score (nSPS) is 12.8. The van der Waals surface area contributed by atoms with Gasteiger partial charge in [-0.3, -0.25) is 0 Å². The quantitative estimate of drug-likeness (QED) is 0.677. The Kier molecular flexibility index (Phi) is 3.92. The number of aromatic hydroxyl groups is 1. The van der Waals surface area contributed by atoms with Gasteiger partial charge in [-0.15, -0.1) is 0 Å². The average Bonchev–Trinajstić information content (AvgIpc) is 2.19. The molecule has 0 fully saturated rings. The van der Waals surface area contributed by atoms with Crippen molar-refractivity contribution in [2.75, 3.05) is 13.6 Å². The monoisotopic (exact) mass is 195 g/mol. The van der Waals surface area contributed by atoms with Crippen LogP contribution in [0.1, 0.15) is 24.2 Å². The predicted molar refractivity (Wildman–Crippen MR) is 56.4 cm³/mol. The van der Waals surface area contributed by atoms with Gasteiger partial charge in [0.2, 0.25) is 0 Å². The molecule has 0 amide bonds. The zero-order valence-electron chi connectivity index (χ0n) is 8.62. The van der Waals surface area contributed by atoms with Crippen molar-refractivity contribution in [3.63, 3.8) is 0 Å². The van der Waals surface area contributed by atoms with Crippen LogP contribution in [-0.2, 0) is 6.42 Å². The van der Waals surface area contributed by atoms with E-state index >= 15 is 0 Å². The van der Waals surface area contributed by atoms with E-state index in [-0.39, 0.29) is 0 Å². The van der Waals surface area contributed by atoms with Crippen LogP contribution in [0.25, 0.3) is 0 Å². The molecule has 14 heavy (non-hydrogen) atoms. The third kappa shape index (κ3) is 2.47. The molecule has 3 heteroatoms. The molecular weight excluding hydrogens is 178 g/mol. The maximum atomic E-state index is 9.69. The minimum Gasteiger partial charge on any atom is -0.508 e. The van der Waals surface area contributed by atoms with Crippen molar-refractivity contribution in [2.24, 2.45) is 0 Å². The van der Waals surface area contributed by atoms with Crippen LogP contribution >= 0.6 is 0 Å². The second kappa shape index (κ2) is 4.98. The number of rotatable bonds is 4. The van der Waals surface area contributed by atoms with E-state index < -0.39 is 6.10 Å². The topological polar surface area (TPSA) is 52.5 Å². The Morgan fingerprint density at radius 3 is 2.71 bits per heavy atom. The number of hydrogen-bond acceptors (Lipinski definition) is 3. The maximum absolute atomic E-state index is 9.69. The first-order valence-electron chi connectivity index (χ1n) is 4.83. The SMILES string of the molecule is CCc1cc(C(O)CNC)ccc1O. The summed E-state index contributed by atoms with van der Waals surface area (Å²) in [5, 5.41) is 22.0. The van der Waals surface area contributed by atoms with Gasteiger partial charge < -0.3 is 15.5 Å². The number of benzene rings is 1. The lowest BCUT2D eigenvalue weighted by Gasteiger charge is -2.12. The van der Waals surface area contributed by atoms with E-state index in [1.165, 1.54) is 0 Å². The van der Waals surface area contributed by atoms with Crippen LogP contribution in [0.15, 0.2) is 18.2 Å². The molecule has 0 aromatic heterocycles. The molecule has 0 spiro atoms. The van der Waals surface area contributed by atoms with Crippen molar-refractivity contribution >= 4 is 0 Å². The van der Waals surface area contributed by atoms with E-state index in [0.717, 1.165) is 17.5 Å². The van der Waals surface area contributed by atoms with Crippen LogP contribution < -0.4 is 5.32 Å². The molecule has 0 aliphatic carbocycles. The second-order valence-corrected chi connectivity index (χ2v) is 3.32. The molecule has 0 aliphatic heterocycles. The third-order valence-corrected chi connectivity index (χ3v) is 2.27. The summed E-state index contributed by atoms with van der Waals surface area (Å²) in [6.07, 6.45) is 0.261. The molecule has 3 nitrogen and oxygen atoms in total. The van der Waals surface area contributed by atoms with E-state index in [0.29, 0.717) is 12.3 Å². The fourth-order valence-corrected chi connectivity index (χ4v) is 1.41. The molecule has 0 heterocycles. The van der Waals surface area contributed by atoms with Crippen LogP contribution in [-0.4, -0.2) is 23.8 Å². The molecule has 1 aromatic carbocycles. The Hall–Kier alpha value is -1.06. The summed E-state index contributed by atoms with van der Waals surface area (Å²) in [5.41, 5.74) is 1.71. The summed E-state index contributed by atoms with van der Waals surface area (Å²) in [6, 6.07) is 5.22. The van der Waals surface area contributed by atoms with Gasteiger partial charge in [-0.1, -0.05) is 13.0 Å². The number of phenolic OH excluding ortho intramolecular Hbond substituents is 1. The van der Waals surface area contributed by atoms with Crippen molar-refractivity contribution in [1.82, 2.24) is 5.32 Å². The molecule has 3 N–H and O–H groups in total. The molecule has 0 radical (unpaired) electrons. The molecule has 1 aromatic rings. The number of phenols is 1. The minimum absolute atomic E-state index is 0.299. The highest BCUT2D eigenvalue weighted by Crippen LogP contribution is 2.22. The molecule has 0 saturated heterocycles. The lowest BCUT2D eigenvalue weighted by Crippen LogP contribution is -2.16. The van der Waals surface area contributed by atoms with Crippen LogP contribution in [0.4, 0.5) is 0 Å². The van der Waals surface area contributed by atoms with E-state index in [2.05, 4.69) is 5.32 Å². The Balaban J connectivity index is 2.88.